The van der Waals surface area contributed by atoms with Gasteiger partial charge in [0.25, 0.3) is 5.91 Å². The Kier molecular flexibility index (Phi) is 8.24. The molecule has 0 unspecified atom stereocenters. The number of hydrogen-bond donors (Lipinski definition) is 1. The van der Waals surface area contributed by atoms with Crippen LogP contribution in [0, 0.1) is 25.2 Å². The highest BCUT2D eigenvalue weighted by Crippen LogP contribution is 2.26. The molecule has 2 aromatic carbocycles. The number of aryl methyl sites for hydroxylation is 2. The van der Waals surface area contributed by atoms with E-state index in [2.05, 4.69) is 11.4 Å². The number of carbonyl (C=O) groups excluding carboxylic acids is 2. The summed E-state index contributed by atoms with van der Waals surface area (Å²) in [6.45, 7) is 3.67. The molecule has 7 heteroatoms. The first-order chi connectivity index (χ1) is 13.0. The van der Waals surface area contributed by atoms with Crippen molar-refractivity contribution in [3.63, 3.8) is 0 Å². The van der Waals surface area contributed by atoms with Crippen molar-refractivity contribution < 1.29 is 14.3 Å². The van der Waals surface area contributed by atoms with Crippen LogP contribution >= 0.6 is 23.5 Å². The zero-order valence-electron chi connectivity index (χ0n) is 15.2. The number of nitrogens with zero attached hydrogens (tertiary/aromatic N) is 1. The molecule has 0 saturated heterocycles. The normalized spacial score (nSPS) is 10.1. The molecule has 0 bridgehead atoms. The van der Waals surface area contributed by atoms with Crippen molar-refractivity contribution in [3.8, 4) is 6.07 Å². The maximum absolute atomic E-state index is 12.0. The molecule has 0 spiro atoms. The summed E-state index contributed by atoms with van der Waals surface area (Å²) in [7, 11) is 0. The van der Waals surface area contributed by atoms with Crippen LogP contribution in [0.1, 0.15) is 11.1 Å². The second-order valence-electron chi connectivity index (χ2n) is 5.71. The van der Waals surface area contributed by atoms with Crippen molar-refractivity contribution in [3.05, 3.63) is 53.6 Å². The van der Waals surface area contributed by atoms with Gasteiger partial charge in [0.2, 0.25) is 0 Å². The highest BCUT2D eigenvalue weighted by Gasteiger charge is 2.11. The molecule has 0 aliphatic rings. The van der Waals surface area contributed by atoms with Crippen LogP contribution in [0.15, 0.2) is 52.3 Å². The number of para-hydroxylation sites is 1. The van der Waals surface area contributed by atoms with Crippen molar-refractivity contribution in [2.24, 2.45) is 0 Å². The topological polar surface area (TPSA) is 79.2 Å². The Morgan fingerprint density at radius 3 is 2.63 bits per heavy atom. The third-order valence-electron chi connectivity index (χ3n) is 3.49. The summed E-state index contributed by atoms with van der Waals surface area (Å²) in [5.41, 5.74) is 2.88. The highest BCUT2D eigenvalue weighted by molar-refractivity contribution is 8.00. The Bertz CT molecular complexity index is 863. The first-order valence-corrected chi connectivity index (χ1v) is 10.2. The van der Waals surface area contributed by atoms with E-state index in [1.54, 1.807) is 12.1 Å². The lowest BCUT2D eigenvalue weighted by atomic mass is 10.2. The number of anilines is 1. The van der Waals surface area contributed by atoms with Gasteiger partial charge in [0, 0.05) is 9.79 Å². The van der Waals surface area contributed by atoms with Gasteiger partial charge < -0.3 is 10.1 Å². The summed E-state index contributed by atoms with van der Waals surface area (Å²) >= 11 is 2.73. The molecule has 1 N–H and O–H groups in total. The molecular weight excluding hydrogens is 380 g/mol. The Balaban J connectivity index is 1.80. The van der Waals surface area contributed by atoms with E-state index in [0.717, 1.165) is 15.4 Å². The average Bonchev–Trinajstić information content (AvgIpc) is 2.65. The van der Waals surface area contributed by atoms with Gasteiger partial charge in [-0.25, -0.2) is 0 Å². The number of carbonyl (C=O) groups is 2. The summed E-state index contributed by atoms with van der Waals surface area (Å²) in [5.74, 6) is -0.421. The lowest BCUT2D eigenvalue weighted by Crippen LogP contribution is -2.22. The second-order valence-corrected chi connectivity index (χ2v) is 7.74. The molecule has 0 heterocycles. The Morgan fingerprint density at radius 1 is 1.11 bits per heavy atom. The van der Waals surface area contributed by atoms with E-state index in [9.17, 15) is 9.59 Å². The van der Waals surface area contributed by atoms with Gasteiger partial charge in [-0.15, -0.1) is 23.5 Å². The maximum atomic E-state index is 12.0. The molecule has 5 nitrogen and oxygen atoms in total. The summed E-state index contributed by atoms with van der Waals surface area (Å²) in [6, 6.07) is 15.3. The maximum Gasteiger partial charge on any atom is 0.316 e. The predicted molar refractivity (Wildman–Crippen MR) is 109 cm³/mol. The predicted octanol–water partition coefficient (Wildman–Crippen LogP) is 4.19. The molecule has 27 heavy (non-hydrogen) atoms. The SMILES string of the molecule is Cc1ccc(SCC(=O)OCC(=O)Nc2ccccc2SCC#N)c(C)c1. The largest absolute Gasteiger partial charge is 0.455 e. The van der Waals surface area contributed by atoms with Crippen molar-refractivity contribution in [1.82, 2.24) is 0 Å². The molecule has 2 aromatic rings. The van der Waals surface area contributed by atoms with E-state index >= 15 is 0 Å². The minimum absolute atomic E-state index is 0.145. The van der Waals surface area contributed by atoms with Crippen LogP contribution in [0.3, 0.4) is 0 Å². The first kappa shape index (κ1) is 20.9. The standard InChI is InChI=1S/C20H20N2O3S2/c1-14-7-8-17(15(2)11-14)27-13-20(24)25-12-19(23)22-16-5-3-4-6-18(16)26-10-9-21/h3-8,11H,10,12-13H2,1-2H3,(H,22,23). The zero-order chi connectivity index (χ0) is 19.6. The third kappa shape index (κ3) is 7.00. The van der Waals surface area contributed by atoms with Gasteiger partial charge >= 0.3 is 5.97 Å². The molecule has 0 atom stereocenters. The molecule has 0 fully saturated rings. The van der Waals surface area contributed by atoms with Crippen molar-refractivity contribution in [2.75, 3.05) is 23.4 Å². The number of esters is 1. The van der Waals surface area contributed by atoms with E-state index < -0.39 is 11.9 Å². The Hall–Kier alpha value is -2.43. The monoisotopic (exact) mass is 400 g/mol. The number of thioether (sulfide) groups is 2. The molecule has 0 aliphatic carbocycles. The molecule has 0 saturated carbocycles. The molecule has 140 valence electrons. The van der Waals surface area contributed by atoms with Crippen LogP contribution in [0.4, 0.5) is 5.69 Å². The number of nitrogens with one attached hydrogen (secondary N) is 1. The van der Waals surface area contributed by atoms with Crippen LogP contribution in [0.2, 0.25) is 0 Å². The fourth-order valence-corrected chi connectivity index (χ4v) is 3.75. The van der Waals surface area contributed by atoms with E-state index in [0.29, 0.717) is 5.69 Å². The minimum Gasteiger partial charge on any atom is -0.455 e. The molecule has 0 radical (unpaired) electrons. The number of hydrogen-bond acceptors (Lipinski definition) is 6. The summed E-state index contributed by atoms with van der Waals surface area (Å²) in [6.07, 6.45) is 0. The number of nitriles is 1. The Labute approximate surface area is 167 Å². The number of rotatable bonds is 8. The molecule has 0 aromatic heterocycles. The van der Waals surface area contributed by atoms with E-state index in [1.807, 2.05) is 44.2 Å². The number of amides is 1. The summed E-state index contributed by atoms with van der Waals surface area (Å²) in [5, 5.41) is 11.4. The lowest BCUT2D eigenvalue weighted by Gasteiger charge is -2.10. The zero-order valence-corrected chi connectivity index (χ0v) is 16.8. The highest BCUT2D eigenvalue weighted by atomic mass is 32.2. The van der Waals surface area contributed by atoms with Gasteiger partial charge in [0.1, 0.15) is 0 Å². The molecular formula is C20H20N2O3S2. The fourth-order valence-electron chi connectivity index (χ4n) is 2.28. The third-order valence-corrected chi connectivity index (χ3v) is 5.58. The Morgan fingerprint density at radius 2 is 1.89 bits per heavy atom. The van der Waals surface area contributed by atoms with Crippen molar-refractivity contribution in [1.29, 1.82) is 5.26 Å². The van der Waals surface area contributed by atoms with Gasteiger partial charge in [-0.05, 0) is 37.6 Å². The van der Waals surface area contributed by atoms with Gasteiger partial charge in [-0.1, -0.05) is 29.8 Å². The van der Waals surface area contributed by atoms with Crippen LogP contribution < -0.4 is 5.32 Å². The van der Waals surface area contributed by atoms with Gasteiger partial charge in [-0.3, -0.25) is 9.59 Å². The molecule has 1 amide bonds. The number of ether oxygens (including phenoxy) is 1. The van der Waals surface area contributed by atoms with Crippen LogP contribution in [-0.4, -0.2) is 30.0 Å². The van der Waals surface area contributed by atoms with Crippen molar-refractivity contribution in [2.45, 2.75) is 23.6 Å². The van der Waals surface area contributed by atoms with E-state index in [-0.39, 0.29) is 18.1 Å². The first-order valence-electron chi connectivity index (χ1n) is 8.24. The average molecular weight is 401 g/mol. The summed E-state index contributed by atoms with van der Waals surface area (Å²) < 4.78 is 5.05. The lowest BCUT2D eigenvalue weighted by molar-refractivity contribution is -0.144. The van der Waals surface area contributed by atoms with Gasteiger partial charge in [-0.2, -0.15) is 5.26 Å². The van der Waals surface area contributed by atoms with Crippen LogP contribution in [0.5, 0.6) is 0 Å². The van der Waals surface area contributed by atoms with E-state index in [1.165, 1.54) is 29.1 Å². The van der Waals surface area contributed by atoms with Gasteiger partial charge in [0.15, 0.2) is 6.61 Å². The summed E-state index contributed by atoms with van der Waals surface area (Å²) in [4.78, 5) is 25.8. The molecule has 0 aliphatic heterocycles. The number of benzene rings is 2. The van der Waals surface area contributed by atoms with Crippen LogP contribution in [-0.2, 0) is 14.3 Å². The fraction of sp³-hybridized carbons (Fsp3) is 0.250. The quantitative estimate of drug-likeness (QED) is 0.529. The second kappa shape index (κ2) is 10.7. The van der Waals surface area contributed by atoms with Gasteiger partial charge in [0.05, 0.1) is 23.3 Å². The van der Waals surface area contributed by atoms with Crippen LogP contribution in [0.25, 0.3) is 0 Å². The van der Waals surface area contributed by atoms with Crippen molar-refractivity contribution >= 4 is 41.1 Å². The smallest absolute Gasteiger partial charge is 0.316 e. The van der Waals surface area contributed by atoms with E-state index in [4.69, 9.17) is 10.00 Å². The molecule has 2 rings (SSSR count). The minimum atomic E-state index is -0.442.